The van der Waals surface area contributed by atoms with Gasteiger partial charge in [-0.2, -0.15) is 0 Å². The number of hydrogen-bond acceptors (Lipinski definition) is 5. The second-order valence-electron chi connectivity index (χ2n) is 7.28. The monoisotopic (exact) mass is 382 g/mol. The first kappa shape index (κ1) is 19.9. The van der Waals surface area contributed by atoms with Crippen molar-refractivity contribution < 1.29 is 14.2 Å². The van der Waals surface area contributed by atoms with E-state index in [1.807, 2.05) is 38.1 Å². The molecule has 0 aliphatic carbocycles. The van der Waals surface area contributed by atoms with Gasteiger partial charge in [-0.25, -0.2) is 4.98 Å². The molecule has 0 aliphatic rings. The predicted molar refractivity (Wildman–Crippen MR) is 109 cm³/mol. The predicted octanol–water partition coefficient (Wildman–Crippen LogP) is 4.00. The molecule has 1 aromatic carbocycles. The Morgan fingerprint density at radius 2 is 1.93 bits per heavy atom. The summed E-state index contributed by atoms with van der Waals surface area (Å²) in [5, 5.41) is 0.677. The number of benzene rings is 1. The van der Waals surface area contributed by atoms with Gasteiger partial charge in [0.15, 0.2) is 5.43 Å². The first-order valence-electron chi connectivity index (χ1n) is 9.27. The van der Waals surface area contributed by atoms with E-state index in [1.54, 1.807) is 32.4 Å². The fourth-order valence-electron chi connectivity index (χ4n) is 2.75. The molecule has 6 heteroatoms. The van der Waals surface area contributed by atoms with E-state index in [2.05, 4.69) is 9.97 Å². The van der Waals surface area contributed by atoms with Crippen LogP contribution in [0.3, 0.4) is 0 Å². The molecule has 3 aromatic rings. The zero-order chi connectivity index (χ0) is 20.1. The molecule has 148 valence electrons. The van der Waals surface area contributed by atoms with E-state index in [1.165, 1.54) is 0 Å². The highest BCUT2D eigenvalue weighted by atomic mass is 16.5. The maximum absolute atomic E-state index is 12.5. The van der Waals surface area contributed by atoms with E-state index in [9.17, 15) is 4.79 Å². The summed E-state index contributed by atoms with van der Waals surface area (Å²) in [5.74, 6) is 1.12. The Morgan fingerprint density at radius 3 is 2.71 bits per heavy atom. The van der Waals surface area contributed by atoms with Crippen molar-refractivity contribution in [3.05, 3.63) is 64.1 Å². The largest absolute Gasteiger partial charge is 0.493 e. The number of para-hydroxylation sites is 1. The van der Waals surface area contributed by atoms with E-state index in [4.69, 9.17) is 14.2 Å². The maximum Gasteiger partial charge on any atom is 0.217 e. The Labute approximate surface area is 164 Å². The van der Waals surface area contributed by atoms with Crippen molar-refractivity contribution in [2.24, 2.45) is 0 Å². The third kappa shape index (κ3) is 4.70. The lowest BCUT2D eigenvalue weighted by Crippen LogP contribution is -2.25. The number of nitrogens with zero attached hydrogens (tertiary/aromatic N) is 1. The Morgan fingerprint density at radius 1 is 1.14 bits per heavy atom. The molecule has 0 amide bonds. The number of ether oxygens (including phenoxy) is 3. The van der Waals surface area contributed by atoms with Gasteiger partial charge in [0.1, 0.15) is 12.4 Å². The smallest absolute Gasteiger partial charge is 0.217 e. The summed E-state index contributed by atoms with van der Waals surface area (Å²) >= 11 is 0. The fourth-order valence-corrected chi connectivity index (χ4v) is 2.75. The minimum Gasteiger partial charge on any atom is -0.493 e. The van der Waals surface area contributed by atoms with Crippen molar-refractivity contribution in [3.63, 3.8) is 0 Å². The van der Waals surface area contributed by atoms with Crippen LogP contribution < -0.4 is 14.9 Å². The topological polar surface area (TPSA) is 73.4 Å². The second-order valence-corrected chi connectivity index (χ2v) is 7.28. The lowest BCUT2D eigenvalue weighted by Gasteiger charge is -2.22. The van der Waals surface area contributed by atoms with Crippen molar-refractivity contribution in [2.45, 2.75) is 39.4 Å². The van der Waals surface area contributed by atoms with Gasteiger partial charge in [-0.1, -0.05) is 12.1 Å². The third-order valence-electron chi connectivity index (χ3n) is 4.85. The molecule has 0 saturated carbocycles. The van der Waals surface area contributed by atoms with Crippen molar-refractivity contribution in [1.82, 2.24) is 9.97 Å². The van der Waals surface area contributed by atoms with Crippen LogP contribution in [-0.4, -0.2) is 29.3 Å². The average Bonchev–Trinajstić information content (AvgIpc) is 2.70. The Bertz CT molecular complexity index is 1010. The van der Waals surface area contributed by atoms with Crippen LogP contribution in [0.2, 0.25) is 0 Å². The van der Waals surface area contributed by atoms with E-state index in [0.717, 1.165) is 17.6 Å². The van der Waals surface area contributed by atoms with Crippen LogP contribution in [0.15, 0.2) is 47.4 Å². The first-order valence-corrected chi connectivity index (χ1v) is 9.27. The zero-order valence-electron chi connectivity index (χ0n) is 16.7. The number of nitrogens with one attached hydrogen (secondary N) is 1. The van der Waals surface area contributed by atoms with Crippen LogP contribution in [0.1, 0.15) is 31.5 Å². The molecule has 1 N–H and O–H groups in total. The van der Waals surface area contributed by atoms with Gasteiger partial charge in [0.25, 0.3) is 0 Å². The molecule has 2 heterocycles. The van der Waals surface area contributed by atoms with Gasteiger partial charge in [-0.3, -0.25) is 4.79 Å². The van der Waals surface area contributed by atoms with E-state index in [-0.39, 0.29) is 17.6 Å². The lowest BCUT2D eigenvalue weighted by molar-refractivity contribution is 0.00543. The molecule has 0 unspecified atom stereocenters. The lowest BCUT2D eigenvalue weighted by atomic mass is 10.1. The Kier molecular flexibility index (Phi) is 5.99. The van der Waals surface area contributed by atoms with Crippen LogP contribution in [0.25, 0.3) is 10.9 Å². The standard InChI is InChI=1S/C22H26N2O4/c1-15-19(24-18-8-6-5-7-17(18)21(15)25)14-28-20-13-16(9-11-23-20)27-12-10-22(2,3)26-4/h5-9,11,13H,10,12,14H2,1-4H3,(H,24,25). The Hall–Kier alpha value is -2.86. The molecule has 28 heavy (non-hydrogen) atoms. The summed E-state index contributed by atoms with van der Waals surface area (Å²) < 4.78 is 17.0. The van der Waals surface area contributed by atoms with Gasteiger partial charge < -0.3 is 19.2 Å². The molecule has 0 bridgehead atoms. The highest BCUT2D eigenvalue weighted by Gasteiger charge is 2.16. The van der Waals surface area contributed by atoms with Gasteiger partial charge in [0.05, 0.1) is 17.9 Å². The minimum atomic E-state index is -0.230. The highest BCUT2D eigenvalue weighted by molar-refractivity contribution is 5.79. The molecule has 2 aromatic heterocycles. The van der Waals surface area contributed by atoms with E-state index < -0.39 is 0 Å². The molecule has 0 atom stereocenters. The van der Waals surface area contributed by atoms with Crippen LogP contribution in [-0.2, 0) is 11.3 Å². The van der Waals surface area contributed by atoms with Crippen molar-refractivity contribution >= 4 is 10.9 Å². The second kappa shape index (κ2) is 8.44. The zero-order valence-corrected chi connectivity index (χ0v) is 16.7. The first-order chi connectivity index (χ1) is 13.4. The molecule has 0 aliphatic heterocycles. The number of hydrogen-bond donors (Lipinski definition) is 1. The normalized spacial score (nSPS) is 11.6. The molecule has 0 spiro atoms. The molecule has 0 saturated heterocycles. The van der Waals surface area contributed by atoms with Crippen molar-refractivity contribution in [3.8, 4) is 11.6 Å². The quantitative estimate of drug-likeness (QED) is 0.637. The summed E-state index contributed by atoms with van der Waals surface area (Å²) in [6.07, 6.45) is 2.40. The van der Waals surface area contributed by atoms with Gasteiger partial charge in [0, 0.05) is 42.3 Å². The summed E-state index contributed by atoms with van der Waals surface area (Å²) in [4.78, 5) is 20.0. The van der Waals surface area contributed by atoms with Crippen LogP contribution >= 0.6 is 0 Å². The van der Waals surface area contributed by atoms with Gasteiger partial charge in [0.2, 0.25) is 5.88 Å². The third-order valence-corrected chi connectivity index (χ3v) is 4.85. The van der Waals surface area contributed by atoms with Gasteiger partial charge >= 0.3 is 0 Å². The van der Waals surface area contributed by atoms with E-state index >= 15 is 0 Å². The number of aromatic amines is 1. The number of pyridine rings is 2. The molecule has 0 fully saturated rings. The molecule has 0 radical (unpaired) electrons. The van der Waals surface area contributed by atoms with Crippen LogP contribution in [0.4, 0.5) is 0 Å². The molecular formula is C22H26N2O4. The molecule has 6 nitrogen and oxygen atoms in total. The van der Waals surface area contributed by atoms with Crippen LogP contribution in [0.5, 0.6) is 11.6 Å². The highest BCUT2D eigenvalue weighted by Crippen LogP contribution is 2.20. The number of aromatic nitrogens is 2. The van der Waals surface area contributed by atoms with Gasteiger partial charge in [-0.15, -0.1) is 0 Å². The van der Waals surface area contributed by atoms with E-state index in [0.29, 0.717) is 29.2 Å². The number of H-pyrrole nitrogens is 1. The minimum absolute atomic E-state index is 0.0127. The summed E-state index contributed by atoms with van der Waals surface area (Å²) in [6, 6.07) is 11.0. The number of rotatable bonds is 8. The summed E-state index contributed by atoms with van der Waals surface area (Å²) in [5.41, 5.74) is 1.96. The number of methoxy groups -OCH3 is 1. The molecular weight excluding hydrogens is 356 g/mol. The molecule has 3 rings (SSSR count). The van der Waals surface area contributed by atoms with Crippen LogP contribution in [0, 0.1) is 6.92 Å². The van der Waals surface area contributed by atoms with Crippen molar-refractivity contribution in [2.75, 3.05) is 13.7 Å². The number of fused-ring (bicyclic) bond motifs is 1. The SMILES string of the molecule is COC(C)(C)CCOc1ccnc(OCc2[nH]c3ccccc3c(=O)c2C)c1. The summed E-state index contributed by atoms with van der Waals surface area (Å²) in [7, 11) is 1.69. The van der Waals surface area contributed by atoms with Gasteiger partial charge in [-0.05, 0) is 39.0 Å². The van der Waals surface area contributed by atoms with Crippen molar-refractivity contribution in [1.29, 1.82) is 0 Å². The fraction of sp³-hybridized carbons (Fsp3) is 0.364. The summed E-state index contributed by atoms with van der Waals surface area (Å²) in [6.45, 7) is 6.59. The maximum atomic E-state index is 12.5. The Balaban J connectivity index is 1.68. The average molecular weight is 382 g/mol.